The van der Waals surface area contributed by atoms with Gasteiger partial charge in [-0.1, -0.05) is 24.3 Å². The van der Waals surface area contributed by atoms with Crippen molar-refractivity contribution in [3.8, 4) is 5.75 Å². The Labute approximate surface area is 198 Å². The van der Waals surface area contributed by atoms with Crippen LogP contribution in [0.25, 0.3) is 0 Å². The molecule has 182 valence electrons. The lowest BCUT2D eigenvalue weighted by Crippen LogP contribution is -2.26. The maximum absolute atomic E-state index is 13.1. The number of amides is 2. The van der Waals surface area contributed by atoms with Crippen LogP contribution in [0.1, 0.15) is 38.8 Å². The van der Waals surface area contributed by atoms with Gasteiger partial charge in [-0.2, -0.15) is 13.2 Å². The molecule has 0 aliphatic heterocycles. The van der Waals surface area contributed by atoms with Crippen molar-refractivity contribution in [3.63, 3.8) is 0 Å². The van der Waals surface area contributed by atoms with Crippen LogP contribution < -0.4 is 15.4 Å². The summed E-state index contributed by atoms with van der Waals surface area (Å²) in [5.74, 6) is -1.09. The third kappa shape index (κ3) is 7.07. The average Bonchev–Trinajstić information content (AvgIpc) is 2.83. The molecule has 0 heterocycles. The van der Waals surface area contributed by atoms with Gasteiger partial charge in [-0.3, -0.25) is 9.59 Å². The smallest absolute Gasteiger partial charge is 0.434 e. The minimum Gasteiger partial charge on any atom is -0.434 e. The van der Waals surface area contributed by atoms with E-state index in [0.717, 1.165) is 12.1 Å². The van der Waals surface area contributed by atoms with E-state index in [1.165, 1.54) is 36.4 Å². The highest BCUT2D eigenvalue weighted by Gasteiger charge is 2.34. The highest BCUT2D eigenvalue weighted by atomic mass is 19.4. The fourth-order valence-electron chi connectivity index (χ4n) is 3.09. The van der Waals surface area contributed by atoms with Crippen LogP contribution in [0, 0.1) is 0 Å². The first-order chi connectivity index (χ1) is 16.7. The molecule has 0 radical (unpaired) electrons. The Kier molecular flexibility index (Phi) is 8.08. The van der Waals surface area contributed by atoms with Crippen molar-refractivity contribution in [2.45, 2.75) is 19.6 Å². The summed E-state index contributed by atoms with van der Waals surface area (Å²) < 4.78 is 49.1. The quantitative estimate of drug-likeness (QED) is 0.344. The molecular weight excluding hydrogens is 465 g/mol. The van der Waals surface area contributed by atoms with Gasteiger partial charge in [0.25, 0.3) is 11.8 Å². The van der Waals surface area contributed by atoms with Crippen LogP contribution in [0.2, 0.25) is 0 Å². The van der Waals surface area contributed by atoms with Crippen LogP contribution in [0.15, 0.2) is 72.8 Å². The van der Waals surface area contributed by atoms with E-state index in [1.807, 2.05) is 0 Å². The number of ether oxygens (including phenoxy) is 2. The van der Waals surface area contributed by atoms with Crippen molar-refractivity contribution in [2.24, 2.45) is 0 Å². The monoisotopic (exact) mass is 486 g/mol. The third-order valence-electron chi connectivity index (χ3n) is 4.69. The largest absolute Gasteiger partial charge is 0.513 e. The molecule has 0 saturated carbocycles. The lowest BCUT2D eigenvalue weighted by atomic mass is 10.1. The molecule has 0 fully saturated rings. The second-order valence-electron chi connectivity index (χ2n) is 7.19. The van der Waals surface area contributed by atoms with E-state index in [9.17, 15) is 27.6 Å². The maximum atomic E-state index is 13.1. The lowest BCUT2D eigenvalue weighted by Gasteiger charge is -2.13. The van der Waals surface area contributed by atoms with E-state index in [2.05, 4.69) is 15.4 Å². The van der Waals surface area contributed by atoms with Crippen molar-refractivity contribution in [3.05, 3.63) is 95.1 Å². The Bertz CT molecular complexity index is 1210. The highest BCUT2D eigenvalue weighted by molar-refractivity contribution is 6.04. The van der Waals surface area contributed by atoms with Crippen molar-refractivity contribution in [2.75, 3.05) is 11.9 Å². The molecule has 3 aromatic rings. The minimum atomic E-state index is -4.65. The first-order valence-corrected chi connectivity index (χ1v) is 10.5. The summed E-state index contributed by atoms with van der Waals surface area (Å²) >= 11 is 0. The normalized spacial score (nSPS) is 10.9. The fraction of sp³-hybridized carbons (Fsp3) is 0.160. The van der Waals surface area contributed by atoms with Gasteiger partial charge in [0, 0.05) is 17.8 Å². The molecule has 0 atom stereocenters. The zero-order valence-electron chi connectivity index (χ0n) is 18.5. The van der Waals surface area contributed by atoms with E-state index >= 15 is 0 Å². The number of hydrogen-bond acceptors (Lipinski definition) is 5. The third-order valence-corrected chi connectivity index (χ3v) is 4.69. The zero-order valence-corrected chi connectivity index (χ0v) is 18.5. The second-order valence-corrected chi connectivity index (χ2v) is 7.19. The minimum absolute atomic E-state index is 0.0470. The van der Waals surface area contributed by atoms with Gasteiger partial charge in [-0.15, -0.1) is 0 Å². The molecule has 2 N–H and O–H groups in total. The number of anilines is 1. The zero-order chi connectivity index (χ0) is 25.4. The first kappa shape index (κ1) is 25.3. The molecule has 0 unspecified atom stereocenters. The fourth-order valence-corrected chi connectivity index (χ4v) is 3.09. The van der Waals surface area contributed by atoms with Gasteiger partial charge in [0.1, 0.15) is 5.75 Å². The SMILES string of the molecule is CCOC(=O)Oc1ccc(C(=O)Nc2cccc(CNC(=O)c3ccccc3C(F)(F)F)c2)cc1. The van der Waals surface area contributed by atoms with Crippen molar-refractivity contribution in [1.29, 1.82) is 0 Å². The molecule has 0 bridgehead atoms. The van der Waals surface area contributed by atoms with E-state index in [0.29, 0.717) is 16.8 Å². The van der Waals surface area contributed by atoms with Crippen LogP contribution in [0.3, 0.4) is 0 Å². The summed E-state index contributed by atoms with van der Waals surface area (Å²) in [4.78, 5) is 36.2. The number of benzene rings is 3. The molecule has 0 aromatic heterocycles. The summed E-state index contributed by atoms with van der Waals surface area (Å²) in [6, 6.07) is 16.9. The summed E-state index contributed by atoms with van der Waals surface area (Å²) in [7, 11) is 0. The first-order valence-electron chi connectivity index (χ1n) is 10.5. The Morgan fingerprint density at radius 1 is 0.886 bits per heavy atom. The van der Waals surface area contributed by atoms with Crippen LogP contribution in [-0.2, 0) is 17.5 Å². The number of rotatable bonds is 7. The number of carbonyl (C=O) groups excluding carboxylic acids is 3. The summed E-state index contributed by atoms with van der Waals surface area (Å²) in [6.07, 6.45) is -5.50. The number of carbonyl (C=O) groups is 3. The van der Waals surface area contributed by atoms with Crippen LogP contribution in [0.5, 0.6) is 5.75 Å². The summed E-state index contributed by atoms with van der Waals surface area (Å²) in [6.45, 7) is 1.77. The van der Waals surface area contributed by atoms with Gasteiger partial charge < -0.3 is 20.1 Å². The van der Waals surface area contributed by atoms with Crippen molar-refractivity contribution in [1.82, 2.24) is 5.32 Å². The predicted molar refractivity (Wildman–Crippen MR) is 121 cm³/mol. The summed E-state index contributed by atoms with van der Waals surface area (Å²) in [5.41, 5.74) is -0.205. The number of nitrogens with one attached hydrogen (secondary N) is 2. The standard InChI is InChI=1S/C25H21F3N2O5/c1-2-34-24(33)35-19-12-10-17(11-13-19)22(31)30-18-7-5-6-16(14-18)15-29-23(32)20-8-3-4-9-21(20)25(26,27)28/h3-14H,2,15H2,1H3,(H,29,32)(H,30,31). The Balaban J connectivity index is 1.61. The van der Waals surface area contributed by atoms with E-state index in [-0.39, 0.29) is 18.9 Å². The highest BCUT2D eigenvalue weighted by Crippen LogP contribution is 2.31. The van der Waals surface area contributed by atoms with Gasteiger partial charge in [-0.05, 0) is 61.0 Å². The maximum Gasteiger partial charge on any atom is 0.513 e. The Hall–Kier alpha value is -4.34. The van der Waals surface area contributed by atoms with Crippen LogP contribution in [0.4, 0.5) is 23.7 Å². The molecule has 7 nitrogen and oxygen atoms in total. The molecule has 35 heavy (non-hydrogen) atoms. The van der Waals surface area contributed by atoms with Gasteiger partial charge in [-0.25, -0.2) is 4.79 Å². The van der Waals surface area contributed by atoms with E-state index in [1.54, 1.807) is 31.2 Å². The number of halogens is 3. The average molecular weight is 486 g/mol. The van der Waals surface area contributed by atoms with Gasteiger partial charge in [0.15, 0.2) is 0 Å². The molecule has 2 amide bonds. The molecule has 0 spiro atoms. The summed E-state index contributed by atoms with van der Waals surface area (Å²) in [5, 5.41) is 5.16. The topological polar surface area (TPSA) is 93.7 Å². The molecular formula is C25H21F3N2O5. The molecule has 0 aliphatic rings. The van der Waals surface area contributed by atoms with Crippen LogP contribution in [-0.4, -0.2) is 24.6 Å². The molecule has 3 rings (SSSR count). The molecule has 10 heteroatoms. The van der Waals surface area contributed by atoms with Crippen molar-refractivity contribution >= 4 is 23.7 Å². The molecule has 0 saturated heterocycles. The number of alkyl halides is 3. The van der Waals surface area contributed by atoms with Gasteiger partial charge >= 0.3 is 12.3 Å². The Morgan fingerprint density at radius 2 is 1.60 bits per heavy atom. The molecule has 3 aromatic carbocycles. The van der Waals surface area contributed by atoms with Gasteiger partial charge in [0.05, 0.1) is 17.7 Å². The Morgan fingerprint density at radius 3 is 2.29 bits per heavy atom. The predicted octanol–water partition coefficient (Wildman–Crippen LogP) is 5.42. The van der Waals surface area contributed by atoms with Gasteiger partial charge in [0.2, 0.25) is 0 Å². The second kappa shape index (κ2) is 11.2. The molecule has 0 aliphatic carbocycles. The van der Waals surface area contributed by atoms with Crippen molar-refractivity contribution < 1.29 is 37.0 Å². The van der Waals surface area contributed by atoms with E-state index in [4.69, 9.17) is 4.74 Å². The van der Waals surface area contributed by atoms with E-state index < -0.39 is 35.3 Å². The lowest BCUT2D eigenvalue weighted by molar-refractivity contribution is -0.137. The van der Waals surface area contributed by atoms with Crippen LogP contribution >= 0.6 is 0 Å². The number of hydrogen-bond donors (Lipinski definition) is 2.